The van der Waals surface area contributed by atoms with E-state index in [0.717, 1.165) is 5.56 Å². The van der Waals surface area contributed by atoms with Crippen molar-refractivity contribution >= 4 is 35.2 Å². The van der Waals surface area contributed by atoms with Gasteiger partial charge in [0.2, 0.25) is 5.91 Å². The molecule has 1 aromatic carbocycles. The summed E-state index contributed by atoms with van der Waals surface area (Å²) in [6.07, 6.45) is 0.495. The first-order chi connectivity index (χ1) is 16.0. The minimum atomic E-state index is -0.793. The first-order valence-corrected chi connectivity index (χ1v) is 11.7. The van der Waals surface area contributed by atoms with E-state index in [2.05, 4.69) is 5.32 Å². The van der Waals surface area contributed by atoms with Gasteiger partial charge in [-0.2, -0.15) is 0 Å². The summed E-state index contributed by atoms with van der Waals surface area (Å²) in [6, 6.07) is 11.8. The lowest BCUT2D eigenvalue weighted by Crippen LogP contribution is -2.53. The first kappa shape index (κ1) is 22.8. The highest BCUT2D eigenvalue weighted by Gasteiger charge is 2.44. The number of carbonyl (C=O) groups is 4. The lowest BCUT2D eigenvalue weighted by Gasteiger charge is -2.37. The largest absolute Gasteiger partial charge is 0.459 e. The zero-order valence-electron chi connectivity index (χ0n) is 18.0. The van der Waals surface area contributed by atoms with Gasteiger partial charge in [-0.05, 0) is 29.9 Å². The van der Waals surface area contributed by atoms with Crippen molar-refractivity contribution in [3.63, 3.8) is 0 Å². The second kappa shape index (κ2) is 10.5. The summed E-state index contributed by atoms with van der Waals surface area (Å²) < 4.78 is 10.5. The van der Waals surface area contributed by atoms with Crippen molar-refractivity contribution in [3.05, 3.63) is 58.3 Å². The van der Waals surface area contributed by atoms with Crippen LogP contribution in [-0.2, 0) is 25.7 Å². The molecule has 9 nitrogen and oxygen atoms in total. The first-order valence-electron chi connectivity index (χ1n) is 10.8. The van der Waals surface area contributed by atoms with Crippen LogP contribution < -0.4 is 5.32 Å². The molecular formula is C23H25N3O6S. The van der Waals surface area contributed by atoms with Gasteiger partial charge in [-0.3, -0.25) is 14.5 Å². The molecule has 4 rings (SSSR count). The van der Waals surface area contributed by atoms with Gasteiger partial charge >= 0.3 is 12.1 Å². The Morgan fingerprint density at radius 3 is 2.55 bits per heavy atom. The number of thiophene rings is 1. The van der Waals surface area contributed by atoms with Crippen LogP contribution in [0.5, 0.6) is 0 Å². The normalized spacial score (nSPS) is 18.7. The van der Waals surface area contributed by atoms with Crippen LogP contribution in [0.15, 0.2) is 47.8 Å². The van der Waals surface area contributed by atoms with Gasteiger partial charge in [0.1, 0.15) is 13.2 Å². The van der Waals surface area contributed by atoms with E-state index < -0.39 is 18.1 Å². The highest BCUT2D eigenvalue weighted by atomic mass is 32.1. The van der Waals surface area contributed by atoms with Gasteiger partial charge in [0.05, 0.1) is 11.4 Å². The van der Waals surface area contributed by atoms with Crippen molar-refractivity contribution in [1.29, 1.82) is 0 Å². The minimum Gasteiger partial charge on any atom is -0.459 e. The number of ether oxygens (including phenoxy) is 2. The van der Waals surface area contributed by atoms with E-state index in [1.165, 1.54) is 16.2 Å². The van der Waals surface area contributed by atoms with Crippen LogP contribution in [-0.4, -0.2) is 72.0 Å². The lowest BCUT2D eigenvalue weighted by molar-refractivity contribution is -0.150. The SMILES string of the molecule is O=C(NCC(=O)N1CCC(N2C(=O)OCC2C(=O)OCc2ccccc2)CC1)c1cccs1. The van der Waals surface area contributed by atoms with E-state index in [-0.39, 0.29) is 37.6 Å². The van der Waals surface area contributed by atoms with Gasteiger partial charge in [0, 0.05) is 19.1 Å². The number of benzene rings is 1. The number of amides is 3. The number of nitrogens with zero attached hydrogens (tertiary/aromatic N) is 2. The van der Waals surface area contributed by atoms with E-state index in [1.807, 2.05) is 30.3 Å². The molecule has 0 spiro atoms. The number of hydrogen-bond acceptors (Lipinski definition) is 7. The summed E-state index contributed by atoms with van der Waals surface area (Å²) in [5.41, 5.74) is 0.862. The molecule has 174 valence electrons. The number of piperidine rings is 1. The van der Waals surface area contributed by atoms with Gasteiger partial charge in [-0.15, -0.1) is 11.3 Å². The lowest BCUT2D eigenvalue weighted by atomic mass is 10.0. The van der Waals surface area contributed by atoms with E-state index in [4.69, 9.17) is 9.47 Å². The molecule has 2 aliphatic rings. The fourth-order valence-corrected chi connectivity index (χ4v) is 4.64. The molecule has 2 aromatic rings. The molecule has 2 fully saturated rings. The van der Waals surface area contributed by atoms with Gasteiger partial charge < -0.3 is 19.7 Å². The van der Waals surface area contributed by atoms with Crippen molar-refractivity contribution in [2.45, 2.75) is 31.5 Å². The Morgan fingerprint density at radius 1 is 1.09 bits per heavy atom. The van der Waals surface area contributed by atoms with Crippen LogP contribution in [0, 0.1) is 0 Å². The smallest absolute Gasteiger partial charge is 0.410 e. The number of esters is 1. The third-order valence-corrected chi connectivity index (χ3v) is 6.63. The summed E-state index contributed by atoms with van der Waals surface area (Å²) in [5.74, 6) is -0.953. The highest BCUT2D eigenvalue weighted by Crippen LogP contribution is 2.25. The molecule has 2 saturated heterocycles. The maximum atomic E-state index is 12.6. The standard InChI is InChI=1S/C23H25N3O6S/c27-20(13-24-21(28)19-7-4-12-33-19)25-10-8-17(9-11-25)26-18(15-32-23(26)30)22(29)31-14-16-5-2-1-3-6-16/h1-7,12,17-18H,8-11,13-15H2,(H,24,28). The Balaban J connectivity index is 1.26. The highest BCUT2D eigenvalue weighted by molar-refractivity contribution is 7.12. The monoisotopic (exact) mass is 471 g/mol. The fraction of sp³-hybridized carbons (Fsp3) is 0.391. The van der Waals surface area contributed by atoms with Gasteiger partial charge in [0.15, 0.2) is 6.04 Å². The van der Waals surface area contributed by atoms with Gasteiger partial charge in [-0.25, -0.2) is 9.59 Å². The number of hydrogen-bond donors (Lipinski definition) is 1. The summed E-state index contributed by atoms with van der Waals surface area (Å²) >= 11 is 1.31. The molecule has 0 aliphatic carbocycles. The molecule has 3 amide bonds. The van der Waals surface area contributed by atoms with Crippen molar-refractivity contribution in [1.82, 2.24) is 15.1 Å². The molecule has 0 bridgehead atoms. The van der Waals surface area contributed by atoms with Crippen LogP contribution in [0.1, 0.15) is 28.1 Å². The molecule has 0 radical (unpaired) electrons. The van der Waals surface area contributed by atoms with E-state index >= 15 is 0 Å². The molecular weight excluding hydrogens is 446 g/mol. The minimum absolute atomic E-state index is 0.0413. The topological polar surface area (TPSA) is 105 Å². The molecule has 0 saturated carbocycles. The van der Waals surface area contributed by atoms with Crippen molar-refractivity contribution in [3.8, 4) is 0 Å². The van der Waals surface area contributed by atoms with Crippen LogP contribution in [0.4, 0.5) is 4.79 Å². The Morgan fingerprint density at radius 2 is 1.85 bits per heavy atom. The summed E-state index contributed by atoms with van der Waals surface area (Å²) in [7, 11) is 0. The van der Waals surface area contributed by atoms with Gasteiger partial charge in [-0.1, -0.05) is 36.4 Å². The molecule has 10 heteroatoms. The van der Waals surface area contributed by atoms with E-state index in [9.17, 15) is 19.2 Å². The molecule has 2 aliphatic heterocycles. The van der Waals surface area contributed by atoms with Crippen LogP contribution in [0.2, 0.25) is 0 Å². The van der Waals surface area contributed by atoms with Crippen molar-refractivity contribution in [2.24, 2.45) is 0 Å². The predicted molar refractivity (Wildman–Crippen MR) is 119 cm³/mol. The summed E-state index contributed by atoms with van der Waals surface area (Å²) in [6.45, 7) is 0.853. The van der Waals surface area contributed by atoms with Crippen molar-refractivity contribution in [2.75, 3.05) is 26.2 Å². The van der Waals surface area contributed by atoms with Crippen LogP contribution in [0.3, 0.4) is 0 Å². The number of likely N-dealkylation sites (tertiary alicyclic amines) is 1. The third-order valence-electron chi connectivity index (χ3n) is 5.76. The third kappa shape index (κ3) is 5.51. The number of rotatable bonds is 7. The van der Waals surface area contributed by atoms with E-state index in [1.54, 1.807) is 22.4 Å². The molecule has 3 heterocycles. The number of cyclic esters (lactones) is 1. The maximum absolute atomic E-state index is 12.6. The van der Waals surface area contributed by atoms with Crippen molar-refractivity contribution < 1.29 is 28.7 Å². The Labute approximate surface area is 195 Å². The average molecular weight is 472 g/mol. The second-order valence-corrected chi connectivity index (χ2v) is 8.81. The number of carbonyl (C=O) groups excluding carboxylic acids is 4. The quantitative estimate of drug-likeness (QED) is 0.620. The second-order valence-electron chi connectivity index (χ2n) is 7.87. The van der Waals surface area contributed by atoms with Gasteiger partial charge in [0.25, 0.3) is 5.91 Å². The summed E-state index contributed by atoms with van der Waals surface area (Å²) in [4.78, 5) is 53.2. The molecule has 33 heavy (non-hydrogen) atoms. The average Bonchev–Trinajstić information content (AvgIpc) is 3.52. The number of nitrogens with one attached hydrogen (secondary N) is 1. The fourth-order valence-electron chi connectivity index (χ4n) is 4.00. The predicted octanol–water partition coefficient (Wildman–Crippen LogP) is 2.03. The summed E-state index contributed by atoms with van der Waals surface area (Å²) in [5, 5.41) is 4.44. The molecule has 1 aromatic heterocycles. The maximum Gasteiger partial charge on any atom is 0.410 e. The van der Waals surface area contributed by atoms with Crippen LogP contribution in [0.25, 0.3) is 0 Å². The zero-order chi connectivity index (χ0) is 23.2. The van der Waals surface area contributed by atoms with E-state index in [0.29, 0.717) is 30.8 Å². The Kier molecular flexibility index (Phi) is 7.23. The molecule has 1 N–H and O–H groups in total. The molecule has 1 atom stereocenters. The molecule has 1 unspecified atom stereocenters. The van der Waals surface area contributed by atoms with Crippen LogP contribution >= 0.6 is 11.3 Å². The Bertz CT molecular complexity index is 989. The Hall–Kier alpha value is -3.40. The zero-order valence-corrected chi connectivity index (χ0v) is 18.8.